The van der Waals surface area contributed by atoms with E-state index in [1.807, 2.05) is 81.4 Å². The van der Waals surface area contributed by atoms with Crippen molar-refractivity contribution in [3.63, 3.8) is 0 Å². The van der Waals surface area contributed by atoms with E-state index in [0.29, 0.717) is 5.56 Å². The van der Waals surface area contributed by atoms with Crippen molar-refractivity contribution in [2.45, 2.75) is 38.3 Å². The maximum Gasteiger partial charge on any atom is 0.197 e. The Morgan fingerprint density at radius 2 is 1.45 bits per heavy atom. The molecule has 0 aromatic heterocycles. The molecule has 1 saturated heterocycles. The van der Waals surface area contributed by atoms with Gasteiger partial charge in [-0.3, -0.25) is 4.79 Å². The van der Waals surface area contributed by atoms with Crippen LogP contribution >= 0.6 is 0 Å². The second-order valence-corrected chi connectivity index (χ2v) is 6.21. The van der Waals surface area contributed by atoms with Gasteiger partial charge in [0.15, 0.2) is 17.2 Å². The highest BCUT2D eigenvalue weighted by Crippen LogP contribution is 2.46. The molecule has 2 aromatic rings. The lowest BCUT2D eigenvalue weighted by molar-refractivity contribution is -0.153. The summed E-state index contributed by atoms with van der Waals surface area (Å²) in [5.74, 6) is -0.868. The minimum atomic E-state index is -1.05. The first-order chi connectivity index (χ1) is 10.4. The molecular weight excluding hydrogens is 276 g/mol. The summed E-state index contributed by atoms with van der Waals surface area (Å²) in [5, 5.41) is 0. The SMILES string of the molecule is CC1(C)O[C@H](c2ccccc2)[C@](C)(C(=O)c2ccccc2)O1. The van der Waals surface area contributed by atoms with Crippen molar-refractivity contribution in [3.05, 3.63) is 71.8 Å². The van der Waals surface area contributed by atoms with Gasteiger partial charge < -0.3 is 9.47 Å². The smallest absolute Gasteiger partial charge is 0.197 e. The Morgan fingerprint density at radius 1 is 0.909 bits per heavy atom. The molecule has 3 nitrogen and oxygen atoms in total. The van der Waals surface area contributed by atoms with Gasteiger partial charge in [0.05, 0.1) is 0 Å². The molecule has 22 heavy (non-hydrogen) atoms. The van der Waals surface area contributed by atoms with Gasteiger partial charge in [0.25, 0.3) is 0 Å². The number of carbonyl (C=O) groups excluding carboxylic acids is 1. The van der Waals surface area contributed by atoms with E-state index in [1.165, 1.54) is 0 Å². The van der Waals surface area contributed by atoms with Crippen LogP contribution < -0.4 is 0 Å². The van der Waals surface area contributed by atoms with Crippen LogP contribution in [0.1, 0.15) is 42.8 Å². The second kappa shape index (κ2) is 5.34. The summed E-state index contributed by atoms with van der Waals surface area (Å²) in [4.78, 5) is 13.0. The van der Waals surface area contributed by atoms with E-state index < -0.39 is 17.5 Å². The number of carbonyl (C=O) groups is 1. The fourth-order valence-corrected chi connectivity index (χ4v) is 3.04. The largest absolute Gasteiger partial charge is 0.339 e. The van der Waals surface area contributed by atoms with E-state index in [9.17, 15) is 4.79 Å². The summed E-state index contributed by atoms with van der Waals surface area (Å²) in [5.41, 5.74) is 0.527. The lowest BCUT2D eigenvalue weighted by Gasteiger charge is -2.27. The topological polar surface area (TPSA) is 35.5 Å². The Morgan fingerprint density at radius 3 is 2.05 bits per heavy atom. The molecule has 1 aliphatic heterocycles. The molecule has 0 spiro atoms. The van der Waals surface area contributed by atoms with Crippen molar-refractivity contribution < 1.29 is 14.3 Å². The Hall–Kier alpha value is -1.97. The third-order valence-electron chi connectivity index (χ3n) is 3.95. The number of benzene rings is 2. The van der Waals surface area contributed by atoms with Crippen LogP contribution in [0.25, 0.3) is 0 Å². The zero-order valence-corrected chi connectivity index (χ0v) is 13.1. The summed E-state index contributed by atoms with van der Waals surface area (Å²) in [6, 6.07) is 19.0. The van der Waals surface area contributed by atoms with Crippen molar-refractivity contribution in [1.29, 1.82) is 0 Å². The van der Waals surface area contributed by atoms with Gasteiger partial charge >= 0.3 is 0 Å². The highest BCUT2D eigenvalue weighted by atomic mass is 16.8. The number of rotatable bonds is 3. The first-order valence-corrected chi connectivity index (χ1v) is 7.45. The van der Waals surface area contributed by atoms with Crippen molar-refractivity contribution in [3.8, 4) is 0 Å². The second-order valence-electron chi connectivity index (χ2n) is 6.21. The number of ketones is 1. The Labute approximate surface area is 130 Å². The molecule has 114 valence electrons. The summed E-state index contributed by atoms with van der Waals surface area (Å²) < 4.78 is 12.1. The quantitative estimate of drug-likeness (QED) is 0.798. The van der Waals surface area contributed by atoms with Crippen LogP contribution in [0.4, 0.5) is 0 Å². The molecule has 2 atom stereocenters. The molecule has 1 fully saturated rings. The third kappa shape index (κ3) is 2.58. The molecule has 0 N–H and O–H groups in total. The van der Waals surface area contributed by atoms with Gasteiger partial charge in [-0.2, -0.15) is 0 Å². The van der Waals surface area contributed by atoms with Gasteiger partial charge in [-0.1, -0.05) is 60.7 Å². The molecule has 3 heteroatoms. The van der Waals surface area contributed by atoms with Crippen molar-refractivity contribution in [2.24, 2.45) is 0 Å². The summed E-state index contributed by atoms with van der Waals surface area (Å²) in [7, 11) is 0. The lowest BCUT2D eigenvalue weighted by Crippen LogP contribution is -2.41. The minimum Gasteiger partial charge on any atom is -0.339 e. The molecule has 2 aromatic carbocycles. The minimum absolute atomic E-state index is 0.0625. The highest BCUT2D eigenvalue weighted by Gasteiger charge is 2.55. The standard InChI is InChI=1S/C19H20O3/c1-18(2)21-17(15-12-8-5-9-13-15)19(3,22-18)16(20)14-10-6-4-7-11-14/h4-13,17H,1-3H3/t17-,19+/m1/s1. The molecule has 1 aliphatic rings. The maximum atomic E-state index is 13.0. The van der Waals surface area contributed by atoms with E-state index in [0.717, 1.165) is 5.56 Å². The fraction of sp³-hybridized carbons (Fsp3) is 0.316. The van der Waals surface area contributed by atoms with Crippen molar-refractivity contribution >= 4 is 5.78 Å². The van der Waals surface area contributed by atoms with Crippen molar-refractivity contribution in [1.82, 2.24) is 0 Å². The van der Waals surface area contributed by atoms with Crippen LogP contribution in [0, 0.1) is 0 Å². The molecular formula is C19H20O3. The lowest BCUT2D eigenvalue weighted by atomic mass is 9.86. The highest BCUT2D eigenvalue weighted by molar-refractivity contribution is 6.03. The average Bonchev–Trinajstić information content (AvgIpc) is 2.79. The van der Waals surface area contributed by atoms with E-state index in [1.54, 1.807) is 0 Å². The van der Waals surface area contributed by atoms with Gasteiger partial charge in [0, 0.05) is 5.56 Å². The van der Waals surface area contributed by atoms with Crippen LogP contribution in [-0.4, -0.2) is 17.2 Å². The summed E-state index contributed by atoms with van der Waals surface area (Å²) in [6.07, 6.45) is -0.434. The van der Waals surface area contributed by atoms with Crippen LogP contribution in [0.2, 0.25) is 0 Å². The number of Topliss-reactive ketones (excluding diaryl/α,β-unsaturated/α-hetero) is 1. The monoisotopic (exact) mass is 296 g/mol. The summed E-state index contributed by atoms with van der Waals surface area (Å²) in [6.45, 7) is 5.49. The number of hydrogen-bond donors (Lipinski definition) is 0. The fourth-order valence-electron chi connectivity index (χ4n) is 3.04. The Bertz CT molecular complexity index is 664. The van der Waals surface area contributed by atoms with Crippen LogP contribution in [0.15, 0.2) is 60.7 Å². The zero-order valence-electron chi connectivity index (χ0n) is 13.1. The predicted molar refractivity (Wildman–Crippen MR) is 84.6 cm³/mol. The zero-order chi connectivity index (χ0) is 15.8. The third-order valence-corrected chi connectivity index (χ3v) is 3.95. The Balaban J connectivity index is 2.03. The number of ether oxygens (including phenoxy) is 2. The van der Waals surface area contributed by atoms with E-state index in [4.69, 9.17) is 9.47 Å². The van der Waals surface area contributed by atoms with E-state index in [2.05, 4.69) is 0 Å². The van der Waals surface area contributed by atoms with Crippen LogP contribution in [-0.2, 0) is 9.47 Å². The predicted octanol–water partition coefficient (Wildman–Crippen LogP) is 4.15. The molecule has 0 amide bonds. The number of hydrogen-bond acceptors (Lipinski definition) is 3. The van der Waals surface area contributed by atoms with Gasteiger partial charge in [0.2, 0.25) is 0 Å². The average molecular weight is 296 g/mol. The van der Waals surface area contributed by atoms with E-state index in [-0.39, 0.29) is 5.78 Å². The molecule has 0 saturated carbocycles. The molecule has 0 bridgehead atoms. The summed E-state index contributed by atoms with van der Waals surface area (Å²) >= 11 is 0. The van der Waals surface area contributed by atoms with Crippen molar-refractivity contribution in [2.75, 3.05) is 0 Å². The first kappa shape index (κ1) is 14.9. The molecule has 0 aliphatic carbocycles. The van der Waals surface area contributed by atoms with Crippen LogP contribution in [0.3, 0.4) is 0 Å². The first-order valence-electron chi connectivity index (χ1n) is 7.45. The molecule has 3 rings (SSSR count). The molecule has 1 heterocycles. The molecule has 0 unspecified atom stereocenters. The Kier molecular flexibility index (Phi) is 3.63. The van der Waals surface area contributed by atoms with Gasteiger partial charge in [-0.15, -0.1) is 0 Å². The van der Waals surface area contributed by atoms with Crippen LogP contribution in [0.5, 0.6) is 0 Å². The van der Waals surface area contributed by atoms with Gasteiger partial charge in [-0.25, -0.2) is 0 Å². The molecule has 0 radical (unpaired) electrons. The van der Waals surface area contributed by atoms with Gasteiger partial charge in [-0.05, 0) is 26.3 Å². The maximum absolute atomic E-state index is 13.0. The van der Waals surface area contributed by atoms with E-state index >= 15 is 0 Å². The normalized spacial score (nSPS) is 26.8. The van der Waals surface area contributed by atoms with Gasteiger partial charge in [0.1, 0.15) is 6.10 Å².